The molecular weight excluding hydrogens is 231 g/mol. The molecule has 0 unspecified atom stereocenters. The summed E-state index contributed by atoms with van der Waals surface area (Å²) in [4.78, 5) is 0. The molecule has 0 radical (unpaired) electrons. The minimum Gasteiger partial charge on any atom is -0.497 e. The van der Waals surface area contributed by atoms with Crippen molar-refractivity contribution in [2.45, 2.75) is 12.7 Å². The normalized spacial score (nSPS) is 10.7. The molecule has 0 saturated heterocycles. The van der Waals surface area contributed by atoms with Crippen LogP contribution in [0.15, 0.2) is 18.2 Å². The molecule has 0 saturated carbocycles. The minimum absolute atomic E-state index is 0. The molecule has 0 aliphatic carbocycles. The maximum Gasteiger partial charge on any atom is 0.416 e. The van der Waals surface area contributed by atoms with Crippen molar-refractivity contribution in [2.24, 2.45) is 5.73 Å². The van der Waals surface area contributed by atoms with Crippen molar-refractivity contribution < 1.29 is 17.9 Å². The van der Waals surface area contributed by atoms with Crippen LogP contribution in [0.1, 0.15) is 11.1 Å². The van der Waals surface area contributed by atoms with E-state index in [-0.39, 0.29) is 24.7 Å². The van der Waals surface area contributed by atoms with Gasteiger partial charge in [-0.1, -0.05) is 0 Å². The highest BCUT2D eigenvalue weighted by atomic mass is 35.5. The summed E-state index contributed by atoms with van der Waals surface area (Å²) in [7, 11) is 1.32. The summed E-state index contributed by atoms with van der Waals surface area (Å²) in [5.74, 6) is 0.167. The van der Waals surface area contributed by atoms with Gasteiger partial charge >= 0.3 is 6.18 Å². The van der Waals surface area contributed by atoms with Gasteiger partial charge in [0, 0.05) is 6.54 Å². The van der Waals surface area contributed by atoms with Crippen LogP contribution < -0.4 is 10.5 Å². The van der Waals surface area contributed by atoms with Gasteiger partial charge in [-0.2, -0.15) is 13.2 Å². The Bertz CT molecular complexity index is 305. The molecule has 0 aliphatic rings. The molecule has 2 nitrogen and oxygen atoms in total. The molecule has 1 rings (SSSR count). The highest BCUT2D eigenvalue weighted by Gasteiger charge is 2.31. The molecule has 0 aliphatic heterocycles. The zero-order chi connectivity index (χ0) is 10.8. The Morgan fingerprint density at radius 3 is 2.27 bits per heavy atom. The number of nitrogens with two attached hydrogens (primary N) is 1. The first-order valence-corrected chi connectivity index (χ1v) is 3.92. The first-order chi connectivity index (χ1) is 6.47. The lowest BCUT2D eigenvalue weighted by atomic mass is 10.1. The Hall–Kier alpha value is -0.940. The molecule has 6 heteroatoms. The molecule has 0 fully saturated rings. The van der Waals surface area contributed by atoms with Gasteiger partial charge in [0.1, 0.15) is 5.75 Å². The van der Waals surface area contributed by atoms with Crippen LogP contribution in [0.5, 0.6) is 5.75 Å². The minimum atomic E-state index is -4.36. The Kier molecular flexibility index (Phi) is 4.90. The van der Waals surface area contributed by atoms with E-state index in [0.29, 0.717) is 5.56 Å². The number of methoxy groups -OCH3 is 1. The van der Waals surface area contributed by atoms with E-state index in [2.05, 4.69) is 0 Å². The summed E-state index contributed by atoms with van der Waals surface area (Å²) in [5, 5.41) is 0. The summed E-state index contributed by atoms with van der Waals surface area (Å²) >= 11 is 0. The zero-order valence-corrected chi connectivity index (χ0v) is 8.78. The molecule has 0 atom stereocenters. The van der Waals surface area contributed by atoms with Gasteiger partial charge in [-0.25, -0.2) is 0 Å². The average molecular weight is 242 g/mol. The first kappa shape index (κ1) is 14.1. The van der Waals surface area contributed by atoms with Crippen LogP contribution in [-0.2, 0) is 12.7 Å². The second kappa shape index (κ2) is 5.23. The maximum atomic E-state index is 12.3. The number of rotatable bonds is 2. The van der Waals surface area contributed by atoms with Crippen molar-refractivity contribution in [3.63, 3.8) is 0 Å². The van der Waals surface area contributed by atoms with Gasteiger partial charge in [0.2, 0.25) is 0 Å². The lowest BCUT2D eigenvalue weighted by Crippen LogP contribution is -2.07. The van der Waals surface area contributed by atoms with Crippen molar-refractivity contribution in [3.8, 4) is 5.75 Å². The Morgan fingerprint density at radius 1 is 1.27 bits per heavy atom. The number of alkyl halides is 3. The van der Waals surface area contributed by atoms with E-state index in [9.17, 15) is 13.2 Å². The van der Waals surface area contributed by atoms with Gasteiger partial charge in [-0.3, -0.25) is 0 Å². The van der Waals surface area contributed by atoms with E-state index in [1.165, 1.54) is 13.2 Å². The summed E-state index contributed by atoms with van der Waals surface area (Å²) in [6.45, 7) is 0.0558. The number of hydrogen-bond donors (Lipinski definition) is 1. The van der Waals surface area contributed by atoms with Gasteiger partial charge in [0.15, 0.2) is 0 Å². The summed E-state index contributed by atoms with van der Waals surface area (Å²) in [6.07, 6.45) is -4.36. The Labute approximate surface area is 91.6 Å². The average Bonchev–Trinajstić information content (AvgIpc) is 2.15. The summed E-state index contributed by atoms with van der Waals surface area (Å²) in [5.41, 5.74) is 4.92. The molecule has 0 amide bonds. The SMILES string of the molecule is COc1cc(CN)cc(C(F)(F)F)c1.Cl. The third kappa shape index (κ3) is 3.60. The van der Waals surface area contributed by atoms with Crippen molar-refractivity contribution in [3.05, 3.63) is 29.3 Å². The highest BCUT2D eigenvalue weighted by Crippen LogP contribution is 2.32. The molecule has 86 valence electrons. The van der Waals surface area contributed by atoms with Crippen molar-refractivity contribution >= 4 is 12.4 Å². The predicted molar refractivity (Wildman–Crippen MR) is 53.1 cm³/mol. The van der Waals surface area contributed by atoms with E-state index in [1.54, 1.807) is 0 Å². The fourth-order valence-corrected chi connectivity index (χ4v) is 1.06. The lowest BCUT2D eigenvalue weighted by molar-refractivity contribution is -0.137. The van der Waals surface area contributed by atoms with Crippen LogP contribution in [0.4, 0.5) is 13.2 Å². The fraction of sp³-hybridized carbons (Fsp3) is 0.333. The third-order valence-electron chi connectivity index (χ3n) is 1.77. The van der Waals surface area contributed by atoms with E-state index < -0.39 is 11.7 Å². The standard InChI is InChI=1S/C9H10F3NO.ClH/c1-14-8-3-6(5-13)2-7(4-8)9(10,11)12;/h2-4H,5,13H2,1H3;1H. The van der Waals surface area contributed by atoms with Gasteiger partial charge in [0.25, 0.3) is 0 Å². The summed E-state index contributed by atoms with van der Waals surface area (Å²) in [6, 6.07) is 3.44. The second-order valence-corrected chi connectivity index (χ2v) is 2.77. The predicted octanol–water partition coefficient (Wildman–Crippen LogP) is 2.59. The first-order valence-electron chi connectivity index (χ1n) is 3.92. The van der Waals surface area contributed by atoms with Gasteiger partial charge in [-0.05, 0) is 23.8 Å². The third-order valence-corrected chi connectivity index (χ3v) is 1.77. The second-order valence-electron chi connectivity index (χ2n) is 2.77. The van der Waals surface area contributed by atoms with E-state index >= 15 is 0 Å². The van der Waals surface area contributed by atoms with Crippen LogP contribution in [0.25, 0.3) is 0 Å². The molecule has 0 bridgehead atoms. The van der Waals surface area contributed by atoms with Crippen LogP contribution in [-0.4, -0.2) is 7.11 Å². The maximum absolute atomic E-state index is 12.3. The lowest BCUT2D eigenvalue weighted by Gasteiger charge is -2.10. The van der Waals surface area contributed by atoms with Crippen LogP contribution in [0.2, 0.25) is 0 Å². The van der Waals surface area contributed by atoms with Gasteiger partial charge in [0.05, 0.1) is 12.7 Å². The number of ether oxygens (including phenoxy) is 1. The largest absolute Gasteiger partial charge is 0.497 e. The fourth-order valence-electron chi connectivity index (χ4n) is 1.06. The van der Waals surface area contributed by atoms with Gasteiger partial charge < -0.3 is 10.5 Å². The van der Waals surface area contributed by atoms with Crippen LogP contribution in [0, 0.1) is 0 Å². The van der Waals surface area contributed by atoms with Gasteiger partial charge in [-0.15, -0.1) is 12.4 Å². The number of hydrogen-bond acceptors (Lipinski definition) is 2. The van der Waals surface area contributed by atoms with Crippen molar-refractivity contribution in [2.75, 3.05) is 7.11 Å². The topological polar surface area (TPSA) is 35.2 Å². The summed E-state index contributed by atoms with van der Waals surface area (Å²) < 4.78 is 41.7. The molecular formula is C9H11ClF3NO. The van der Waals surface area contributed by atoms with Crippen molar-refractivity contribution in [1.29, 1.82) is 0 Å². The number of halogens is 4. The van der Waals surface area contributed by atoms with E-state index in [4.69, 9.17) is 10.5 Å². The number of benzene rings is 1. The van der Waals surface area contributed by atoms with Crippen molar-refractivity contribution in [1.82, 2.24) is 0 Å². The molecule has 1 aromatic carbocycles. The molecule has 0 heterocycles. The van der Waals surface area contributed by atoms with E-state index in [1.807, 2.05) is 0 Å². The zero-order valence-electron chi connectivity index (χ0n) is 7.97. The molecule has 0 aromatic heterocycles. The molecule has 1 aromatic rings. The van der Waals surface area contributed by atoms with Crippen LogP contribution in [0.3, 0.4) is 0 Å². The highest BCUT2D eigenvalue weighted by molar-refractivity contribution is 5.85. The quantitative estimate of drug-likeness (QED) is 0.864. The smallest absolute Gasteiger partial charge is 0.416 e. The Morgan fingerprint density at radius 2 is 1.87 bits per heavy atom. The molecule has 0 spiro atoms. The van der Waals surface area contributed by atoms with E-state index in [0.717, 1.165) is 12.1 Å². The Balaban J connectivity index is 0.00000196. The monoisotopic (exact) mass is 241 g/mol. The molecule has 2 N–H and O–H groups in total. The van der Waals surface area contributed by atoms with Crippen LogP contribution >= 0.6 is 12.4 Å². The molecule has 15 heavy (non-hydrogen) atoms.